The average Bonchev–Trinajstić information content (AvgIpc) is 2.67. The van der Waals surface area contributed by atoms with Crippen LogP contribution in [0.25, 0.3) is 0 Å². The maximum absolute atomic E-state index is 13.8. The predicted molar refractivity (Wildman–Crippen MR) is 113 cm³/mol. The molecule has 2 atom stereocenters. The van der Waals surface area contributed by atoms with Gasteiger partial charge in [0.15, 0.2) is 17.9 Å². The Morgan fingerprint density at radius 3 is 2.53 bits per heavy atom. The van der Waals surface area contributed by atoms with E-state index in [0.29, 0.717) is 19.1 Å². The molecule has 30 heavy (non-hydrogen) atoms. The van der Waals surface area contributed by atoms with E-state index >= 15 is 0 Å². The second-order valence-corrected chi connectivity index (χ2v) is 9.29. The third-order valence-corrected chi connectivity index (χ3v) is 6.53. The molecule has 0 radical (unpaired) electrons. The van der Waals surface area contributed by atoms with Crippen LogP contribution in [0, 0.1) is 11.3 Å². The first kappa shape index (κ1) is 22.0. The van der Waals surface area contributed by atoms with Crippen LogP contribution in [-0.2, 0) is 0 Å². The Morgan fingerprint density at radius 2 is 1.97 bits per heavy atom. The van der Waals surface area contributed by atoms with Gasteiger partial charge in [0.1, 0.15) is 5.75 Å². The first-order valence-electron chi connectivity index (χ1n) is 10.5. The Bertz CT molecular complexity index is 992. The van der Waals surface area contributed by atoms with E-state index in [1.807, 2.05) is 19.9 Å². The van der Waals surface area contributed by atoms with Crippen LogP contribution in [0.5, 0.6) is 11.5 Å². The van der Waals surface area contributed by atoms with Gasteiger partial charge in [-0.2, -0.15) is 0 Å². The highest BCUT2D eigenvalue weighted by atomic mass is 16.3. The van der Waals surface area contributed by atoms with E-state index in [4.69, 9.17) is 0 Å². The number of Topliss-reactive ketones (excluding diaryl/α,β-unsaturated/α-hetero) is 2. The SMILES string of the molecule is CC(C)=CCCC1=CCC2C(=O)c3c(C=O)c(O)c([O-])c(C(C)C)c3C(=O)C2(C)C1. The summed E-state index contributed by atoms with van der Waals surface area (Å²) < 4.78 is 0. The number of hydrogen-bond acceptors (Lipinski definition) is 5. The van der Waals surface area contributed by atoms with Gasteiger partial charge in [0.2, 0.25) is 0 Å². The van der Waals surface area contributed by atoms with Crippen molar-refractivity contribution >= 4 is 17.9 Å². The van der Waals surface area contributed by atoms with E-state index in [1.165, 1.54) is 5.57 Å². The molecule has 0 heterocycles. The Hall–Kier alpha value is -2.69. The molecule has 1 aromatic carbocycles. The molecule has 0 spiro atoms. The molecule has 1 N–H and O–H groups in total. The standard InChI is InChI=1S/C25H30O5/c1-13(2)7-6-8-15-9-10-17-22(28)19-16(12-26)21(27)23(29)18(14(3)4)20(19)24(30)25(17,5)11-15/h7,9,12,14,17,27,29H,6,8,10-11H2,1-5H3/p-1. The van der Waals surface area contributed by atoms with Gasteiger partial charge in [0, 0.05) is 22.5 Å². The minimum absolute atomic E-state index is 0.0456. The normalized spacial score (nSPS) is 23.0. The van der Waals surface area contributed by atoms with Crippen LogP contribution in [0.15, 0.2) is 23.3 Å². The molecule has 0 bridgehead atoms. The first-order chi connectivity index (χ1) is 14.0. The third kappa shape index (κ3) is 3.30. The quantitative estimate of drug-likeness (QED) is 0.553. The Labute approximate surface area is 177 Å². The van der Waals surface area contributed by atoms with E-state index < -0.39 is 22.8 Å². The smallest absolute Gasteiger partial charge is 0.170 e. The summed E-state index contributed by atoms with van der Waals surface area (Å²) in [4.78, 5) is 38.9. The maximum Gasteiger partial charge on any atom is 0.170 e. The van der Waals surface area contributed by atoms with Crippen LogP contribution in [0.2, 0.25) is 0 Å². The molecule has 2 aliphatic carbocycles. The highest BCUT2D eigenvalue weighted by Crippen LogP contribution is 2.53. The minimum Gasteiger partial charge on any atom is -0.870 e. The number of phenolic OH excluding ortho intramolecular Hbond substituents is 1. The minimum atomic E-state index is -0.952. The zero-order valence-electron chi connectivity index (χ0n) is 18.3. The number of ketones is 2. The van der Waals surface area contributed by atoms with E-state index in [2.05, 4.69) is 6.08 Å². The number of carbonyl (C=O) groups is 3. The highest BCUT2D eigenvalue weighted by Gasteiger charge is 2.53. The molecule has 0 fully saturated rings. The van der Waals surface area contributed by atoms with Crippen molar-refractivity contribution < 1.29 is 24.6 Å². The summed E-state index contributed by atoms with van der Waals surface area (Å²) in [7, 11) is 0. The van der Waals surface area contributed by atoms with E-state index in [9.17, 15) is 24.6 Å². The molecular formula is C25H29O5-. The fraction of sp³-hybridized carbons (Fsp3) is 0.480. The molecule has 1 aromatic rings. The monoisotopic (exact) mass is 409 g/mol. The van der Waals surface area contributed by atoms with E-state index in [-0.39, 0.29) is 39.7 Å². The van der Waals surface area contributed by atoms with Crippen LogP contribution in [0.3, 0.4) is 0 Å². The number of phenols is 1. The van der Waals surface area contributed by atoms with E-state index in [0.717, 1.165) is 18.4 Å². The van der Waals surface area contributed by atoms with Crippen molar-refractivity contribution in [2.24, 2.45) is 11.3 Å². The van der Waals surface area contributed by atoms with Gasteiger partial charge in [-0.15, -0.1) is 0 Å². The van der Waals surface area contributed by atoms with Gasteiger partial charge < -0.3 is 10.2 Å². The highest BCUT2D eigenvalue weighted by molar-refractivity contribution is 6.22. The van der Waals surface area contributed by atoms with Crippen LogP contribution in [0.1, 0.15) is 103 Å². The number of hydrogen-bond donors (Lipinski definition) is 1. The van der Waals surface area contributed by atoms with Crippen molar-refractivity contribution in [3.8, 4) is 11.5 Å². The van der Waals surface area contributed by atoms with Gasteiger partial charge in [-0.25, -0.2) is 0 Å². The van der Waals surface area contributed by atoms with Crippen molar-refractivity contribution in [1.29, 1.82) is 0 Å². The molecule has 0 aliphatic heterocycles. The molecular weight excluding hydrogens is 380 g/mol. The molecule has 160 valence electrons. The van der Waals surface area contributed by atoms with Crippen molar-refractivity contribution in [1.82, 2.24) is 0 Å². The van der Waals surface area contributed by atoms with Crippen molar-refractivity contribution in [2.45, 2.75) is 66.2 Å². The summed E-state index contributed by atoms with van der Waals surface area (Å²) in [5, 5.41) is 23.1. The molecule has 0 amide bonds. The van der Waals surface area contributed by atoms with Crippen molar-refractivity contribution in [3.05, 3.63) is 45.6 Å². The molecule has 2 unspecified atom stereocenters. The Morgan fingerprint density at radius 1 is 1.30 bits per heavy atom. The largest absolute Gasteiger partial charge is 0.870 e. The summed E-state index contributed by atoms with van der Waals surface area (Å²) in [5.41, 5.74) is 1.18. The maximum atomic E-state index is 13.8. The van der Waals surface area contributed by atoms with Crippen LogP contribution in [0.4, 0.5) is 0 Å². The van der Waals surface area contributed by atoms with Gasteiger partial charge in [0.05, 0.1) is 5.56 Å². The van der Waals surface area contributed by atoms with Gasteiger partial charge >= 0.3 is 0 Å². The molecule has 0 saturated carbocycles. The lowest BCUT2D eigenvalue weighted by Crippen LogP contribution is -2.48. The Balaban J connectivity index is 2.16. The first-order valence-corrected chi connectivity index (χ1v) is 10.5. The summed E-state index contributed by atoms with van der Waals surface area (Å²) in [6, 6.07) is 0. The molecule has 0 aromatic heterocycles. The van der Waals surface area contributed by atoms with Gasteiger partial charge in [0.25, 0.3) is 0 Å². The number of rotatable bonds is 5. The average molecular weight is 410 g/mol. The predicted octanol–water partition coefficient (Wildman–Crippen LogP) is 4.87. The number of benzene rings is 1. The molecule has 0 saturated heterocycles. The summed E-state index contributed by atoms with van der Waals surface area (Å²) in [6.07, 6.45) is 7.07. The molecule has 5 nitrogen and oxygen atoms in total. The fourth-order valence-corrected chi connectivity index (χ4v) is 4.95. The molecule has 5 heteroatoms. The molecule has 3 rings (SSSR count). The second kappa shape index (κ2) is 7.86. The summed E-state index contributed by atoms with van der Waals surface area (Å²) in [5.74, 6) is -3.02. The number of aldehydes is 1. The Kier molecular flexibility index (Phi) is 5.76. The number of carbonyl (C=O) groups excluding carboxylic acids is 3. The van der Waals surface area contributed by atoms with Crippen LogP contribution >= 0.6 is 0 Å². The molecule has 2 aliphatic rings. The second-order valence-electron chi connectivity index (χ2n) is 9.29. The topological polar surface area (TPSA) is 94.5 Å². The third-order valence-electron chi connectivity index (χ3n) is 6.53. The fourth-order valence-electron chi connectivity index (χ4n) is 4.95. The number of allylic oxidation sites excluding steroid dienone is 4. The van der Waals surface area contributed by atoms with Crippen molar-refractivity contribution in [2.75, 3.05) is 0 Å². The zero-order chi connectivity index (χ0) is 22.4. The lowest BCUT2D eigenvalue weighted by atomic mass is 9.56. The van der Waals surface area contributed by atoms with Gasteiger partial charge in [-0.3, -0.25) is 14.4 Å². The lowest BCUT2D eigenvalue weighted by Gasteiger charge is -2.44. The lowest BCUT2D eigenvalue weighted by molar-refractivity contribution is -0.271. The van der Waals surface area contributed by atoms with Gasteiger partial charge in [-0.05, 0) is 51.0 Å². The summed E-state index contributed by atoms with van der Waals surface area (Å²) in [6.45, 7) is 9.38. The number of fused-ring (bicyclic) bond motifs is 2. The van der Waals surface area contributed by atoms with Crippen molar-refractivity contribution in [3.63, 3.8) is 0 Å². The van der Waals surface area contributed by atoms with Crippen LogP contribution in [-0.4, -0.2) is 23.0 Å². The summed E-state index contributed by atoms with van der Waals surface area (Å²) >= 11 is 0. The van der Waals surface area contributed by atoms with Gasteiger partial charge in [-0.1, -0.05) is 49.8 Å². The number of aromatic hydroxyl groups is 1. The van der Waals surface area contributed by atoms with Crippen LogP contribution < -0.4 is 5.11 Å². The van der Waals surface area contributed by atoms with E-state index in [1.54, 1.807) is 20.8 Å². The zero-order valence-corrected chi connectivity index (χ0v) is 18.3.